The van der Waals surface area contributed by atoms with Gasteiger partial charge in [-0.15, -0.1) is 0 Å². The first-order chi connectivity index (χ1) is 15.5. The third-order valence-corrected chi connectivity index (χ3v) is 7.39. The molecule has 0 fully saturated rings. The standard InChI is InChI=1S/C25H22N4O2S/c1-28(22-8-4-2-5-9-22)25(32(30,31)23-10-6-3-7-11-23)24-17-27-19-29(24)18-21-14-12-20(16-26)13-15-21/h2-15,17,19,25H,18H2,1H3. The number of para-hydroxylation sites is 1. The van der Waals surface area contributed by atoms with Crippen molar-refractivity contribution in [1.82, 2.24) is 9.55 Å². The lowest BCUT2D eigenvalue weighted by Gasteiger charge is -2.30. The molecular formula is C25H22N4O2S. The molecule has 0 N–H and O–H groups in total. The van der Waals surface area contributed by atoms with Crippen LogP contribution in [0.2, 0.25) is 0 Å². The molecule has 0 aliphatic rings. The molecule has 0 bridgehead atoms. The maximum absolute atomic E-state index is 13.8. The number of nitrogens with zero attached hydrogens (tertiary/aromatic N) is 4. The Balaban J connectivity index is 1.79. The van der Waals surface area contributed by atoms with E-state index in [9.17, 15) is 8.42 Å². The summed E-state index contributed by atoms with van der Waals surface area (Å²) in [7, 11) is -2.00. The van der Waals surface area contributed by atoms with Gasteiger partial charge in [0.05, 0.1) is 34.7 Å². The van der Waals surface area contributed by atoms with Crippen molar-refractivity contribution in [3.05, 3.63) is 114 Å². The number of nitriles is 1. The Bertz CT molecular complexity index is 1330. The molecule has 0 radical (unpaired) electrons. The monoisotopic (exact) mass is 442 g/mol. The maximum Gasteiger partial charge on any atom is 0.205 e. The minimum atomic E-state index is -3.77. The molecule has 0 aliphatic carbocycles. The molecule has 7 heteroatoms. The smallest absolute Gasteiger partial charge is 0.205 e. The summed E-state index contributed by atoms with van der Waals surface area (Å²) in [5, 5.41) is 8.05. The second-order valence-corrected chi connectivity index (χ2v) is 9.42. The van der Waals surface area contributed by atoms with Crippen LogP contribution < -0.4 is 4.90 Å². The van der Waals surface area contributed by atoms with E-state index >= 15 is 0 Å². The van der Waals surface area contributed by atoms with Crippen molar-refractivity contribution in [2.45, 2.75) is 16.8 Å². The quantitative estimate of drug-likeness (QED) is 0.424. The van der Waals surface area contributed by atoms with Gasteiger partial charge >= 0.3 is 0 Å². The molecule has 1 atom stereocenters. The van der Waals surface area contributed by atoms with Gasteiger partial charge in [0.1, 0.15) is 0 Å². The molecule has 0 saturated heterocycles. The third-order valence-electron chi connectivity index (χ3n) is 5.31. The highest BCUT2D eigenvalue weighted by atomic mass is 32.2. The topological polar surface area (TPSA) is 79.0 Å². The van der Waals surface area contributed by atoms with E-state index in [4.69, 9.17) is 5.26 Å². The molecule has 4 aromatic rings. The van der Waals surface area contributed by atoms with Crippen molar-refractivity contribution in [2.24, 2.45) is 0 Å². The first-order valence-corrected chi connectivity index (χ1v) is 11.6. The van der Waals surface area contributed by atoms with Crippen molar-refractivity contribution in [1.29, 1.82) is 5.26 Å². The van der Waals surface area contributed by atoms with E-state index in [1.807, 2.05) is 47.0 Å². The number of rotatable bonds is 7. The summed E-state index contributed by atoms with van der Waals surface area (Å²) in [5.74, 6) is 0. The minimum Gasteiger partial charge on any atom is -0.353 e. The zero-order valence-corrected chi connectivity index (χ0v) is 18.4. The van der Waals surface area contributed by atoms with Gasteiger partial charge in [0.25, 0.3) is 0 Å². The Hall–Kier alpha value is -3.89. The summed E-state index contributed by atoms with van der Waals surface area (Å²) in [6, 6.07) is 27.2. The lowest BCUT2D eigenvalue weighted by Crippen LogP contribution is -2.33. The predicted molar refractivity (Wildman–Crippen MR) is 124 cm³/mol. The number of sulfone groups is 1. The van der Waals surface area contributed by atoms with E-state index in [2.05, 4.69) is 11.1 Å². The zero-order valence-electron chi connectivity index (χ0n) is 17.5. The molecule has 3 aromatic carbocycles. The molecule has 0 aliphatic heterocycles. The van der Waals surface area contributed by atoms with Crippen LogP contribution in [0.3, 0.4) is 0 Å². The fourth-order valence-corrected chi connectivity index (χ4v) is 5.50. The van der Waals surface area contributed by atoms with Gasteiger partial charge < -0.3 is 9.47 Å². The van der Waals surface area contributed by atoms with Gasteiger partial charge in [0.15, 0.2) is 5.37 Å². The predicted octanol–water partition coefficient (Wildman–Crippen LogP) is 4.41. The molecule has 0 saturated carbocycles. The average molecular weight is 443 g/mol. The van der Waals surface area contributed by atoms with Crippen LogP contribution in [0.5, 0.6) is 0 Å². The van der Waals surface area contributed by atoms with Gasteiger partial charge in [-0.1, -0.05) is 48.5 Å². The highest BCUT2D eigenvalue weighted by Gasteiger charge is 2.35. The Labute approximate surface area is 187 Å². The van der Waals surface area contributed by atoms with Gasteiger partial charge in [-0.3, -0.25) is 0 Å². The van der Waals surface area contributed by atoms with E-state index in [1.54, 1.807) is 66.9 Å². The van der Waals surface area contributed by atoms with Crippen LogP contribution >= 0.6 is 0 Å². The van der Waals surface area contributed by atoms with Crippen LogP contribution in [0.1, 0.15) is 22.2 Å². The minimum absolute atomic E-state index is 0.249. The number of hydrogen-bond donors (Lipinski definition) is 0. The summed E-state index contributed by atoms with van der Waals surface area (Å²) < 4.78 is 29.5. The Morgan fingerprint density at radius 3 is 2.22 bits per heavy atom. The SMILES string of the molecule is CN(c1ccccc1)C(c1cncn1Cc1ccc(C#N)cc1)S(=O)(=O)c1ccccc1. The molecule has 4 rings (SSSR count). The lowest BCUT2D eigenvalue weighted by molar-refractivity contribution is 0.572. The number of anilines is 1. The number of imidazole rings is 1. The number of benzene rings is 3. The van der Waals surface area contributed by atoms with Crippen molar-refractivity contribution in [3.63, 3.8) is 0 Å². The fourth-order valence-electron chi connectivity index (χ4n) is 3.65. The summed E-state index contributed by atoms with van der Waals surface area (Å²) in [6.45, 7) is 0.435. The maximum atomic E-state index is 13.8. The second kappa shape index (κ2) is 9.08. The van der Waals surface area contributed by atoms with Crippen LogP contribution in [0.15, 0.2) is 102 Å². The van der Waals surface area contributed by atoms with Gasteiger partial charge in [0.2, 0.25) is 9.84 Å². The first kappa shape index (κ1) is 21.3. The van der Waals surface area contributed by atoms with Crippen molar-refractivity contribution < 1.29 is 8.42 Å². The van der Waals surface area contributed by atoms with Gasteiger partial charge in [-0.2, -0.15) is 5.26 Å². The van der Waals surface area contributed by atoms with Gasteiger partial charge in [-0.05, 0) is 42.0 Å². The van der Waals surface area contributed by atoms with Crippen LogP contribution in [0, 0.1) is 11.3 Å². The molecule has 0 spiro atoms. The molecule has 1 heterocycles. The molecule has 32 heavy (non-hydrogen) atoms. The van der Waals surface area contributed by atoms with Crippen LogP contribution in [0.25, 0.3) is 0 Å². The Morgan fingerprint density at radius 2 is 1.59 bits per heavy atom. The van der Waals surface area contributed by atoms with Gasteiger partial charge in [-0.25, -0.2) is 13.4 Å². The molecule has 1 aromatic heterocycles. The lowest BCUT2D eigenvalue weighted by atomic mass is 10.1. The fraction of sp³-hybridized carbons (Fsp3) is 0.120. The zero-order chi connectivity index (χ0) is 22.6. The van der Waals surface area contributed by atoms with Crippen molar-refractivity contribution in [3.8, 4) is 6.07 Å². The largest absolute Gasteiger partial charge is 0.353 e. The van der Waals surface area contributed by atoms with Crippen LogP contribution in [-0.2, 0) is 16.4 Å². The van der Waals surface area contributed by atoms with Crippen molar-refractivity contribution in [2.75, 3.05) is 11.9 Å². The molecule has 160 valence electrons. The summed E-state index contributed by atoms with van der Waals surface area (Å²) >= 11 is 0. The molecule has 0 amide bonds. The number of hydrogen-bond acceptors (Lipinski definition) is 5. The molecule has 6 nitrogen and oxygen atoms in total. The molecular weight excluding hydrogens is 420 g/mol. The number of aromatic nitrogens is 2. The highest BCUT2D eigenvalue weighted by molar-refractivity contribution is 7.91. The third kappa shape index (κ3) is 4.27. The highest BCUT2D eigenvalue weighted by Crippen LogP contribution is 2.34. The van der Waals surface area contributed by atoms with E-state index in [-0.39, 0.29) is 4.90 Å². The molecule has 1 unspecified atom stereocenters. The van der Waals surface area contributed by atoms with Gasteiger partial charge in [0, 0.05) is 19.3 Å². The van der Waals surface area contributed by atoms with E-state index < -0.39 is 15.2 Å². The summed E-state index contributed by atoms with van der Waals surface area (Å²) in [4.78, 5) is 6.28. The summed E-state index contributed by atoms with van der Waals surface area (Å²) in [5.41, 5.74) is 2.86. The Morgan fingerprint density at radius 1 is 0.969 bits per heavy atom. The normalized spacial score (nSPS) is 12.1. The van der Waals surface area contributed by atoms with E-state index in [1.165, 1.54) is 0 Å². The van der Waals surface area contributed by atoms with E-state index in [0.717, 1.165) is 11.3 Å². The average Bonchev–Trinajstić information content (AvgIpc) is 3.28. The van der Waals surface area contributed by atoms with Crippen LogP contribution in [-0.4, -0.2) is 25.0 Å². The Kier molecular flexibility index (Phi) is 6.06. The second-order valence-electron chi connectivity index (χ2n) is 7.41. The first-order valence-electron chi connectivity index (χ1n) is 10.1. The van der Waals surface area contributed by atoms with Crippen molar-refractivity contribution >= 4 is 15.5 Å². The van der Waals surface area contributed by atoms with E-state index in [0.29, 0.717) is 17.8 Å². The summed E-state index contributed by atoms with van der Waals surface area (Å²) in [6.07, 6.45) is 3.24. The van der Waals surface area contributed by atoms with Crippen LogP contribution in [0.4, 0.5) is 5.69 Å².